The smallest absolute Gasteiger partial charge is 0.264 e. The van der Waals surface area contributed by atoms with E-state index in [-0.39, 0.29) is 11.5 Å². The Morgan fingerprint density at radius 1 is 1.10 bits per heavy atom. The molecule has 152 valence electrons. The Labute approximate surface area is 177 Å². The minimum absolute atomic E-state index is 0.148. The van der Waals surface area contributed by atoms with Crippen LogP contribution in [0.3, 0.4) is 0 Å². The molecular weight excluding hydrogens is 402 g/mol. The van der Waals surface area contributed by atoms with Gasteiger partial charge in [-0.3, -0.25) is 14.2 Å². The number of hydrogen-bond acceptors (Lipinski definition) is 4. The monoisotopic (exact) mass is 421 g/mol. The van der Waals surface area contributed by atoms with Gasteiger partial charge in [0.15, 0.2) is 5.65 Å². The molecule has 2 aromatic carbocycles. The van der Waals surface area contributed by atoms with Crippen molar-refractivity contribution >= 4 is 28.5 Å². The molecule has 0 aliphatic heterocycles. The molecule has 0 radical (unpaired) electrons. The second kappa shape index (κ2) is 8.51. The lowest BCUT2D eigenvalue weighted by molar-refractivity contribution is 0.0952. The first-order valence-electron chi connectivity index (χ1n) is 9.51. The summed E-state index contributed by atoms with van der Waals surface area (Å²) in [5.41, 5.74) is 2.99. The van der Waals surface area contributed by atoms with Crippen LogP contribution in [0.5, 0.6) is 0 Å². The fraction of sp³-hybridized carbons (Fsp3) is 0.182. The van der Waals surface area contributed by atoms with Crippen molar-refractivity contribution in [2.24, 2.45) is 0 Å². The van der Waals surface area contributed by atoms with E-state index in [1.54, 1.807) is 28.9 Å². The highest BCUT2D eigenvalue weighted by atomic mass is 35.5. The van der Waals surface area contributed by atoms with Crippen LogP contribution in [-0.4, -0.2) is 31.8 Å². The number of nitrogens with zero attached hydrogens (tertiary/aromatic N) is 4. The summed E-state index contributed by atoms with van der Waals surface area (Å²) in [6, 6.07) is 14.7. The van der Waals surface area contributed by atoms with E-state index in [2.05, 4.69) is 15.4 Å². The molecule has 2 aromatic heterocycles. The largest absolute Gasteiger partial charge is 0.350 e. The van der Waals surface area contributed by atoms with Gasteiger partial charge >= 0.3 is 0 Å². The zero-order valence-electron chi connectivity index (χ0n) is 16.4. The van der Waals surface area contributed by atoms with E-state index in [4.69, 9.17) is 11.6 Å². The van der Waals surface area contributed by atoms with Gasteiger partial charge in [0, 0.05) is 17.1 Å². The van der Waals surface area contributed by atoms with Crippen LogP contribution in [0.2, 0.25) is 5.02 Å². The summed E-state index contributed by atoms with van der Waals surface area (Å²) in [5.74, 6) is -0.148. The molecule has 0 spiro atoms. The molecule has 7 nitrogen and oxygen atoms in total. The predicted octanol–water partition coefficient (Wildman–Crippen LogP) is 3.03. The number of carbonyl (C=O) groups excluding carboxylic acids is 1. The molecule has 4 aromatic rings. The van der Waals surface area contributed by atoms with Crippen molar-refractivity contribution in [3.63, 3.8) is 0 Å². The lowest BCUT2D eigenvalue weighted by Crippen LogP contribution is -2.27. The molecule has 0 saturated carbocycles. The SMILES string of the molecule is Cc1ccc(C(=O)NCCn2ncc3c(=O)n(Cc4ccc(Cl)cc4)cnc32)cc1. The Kier molecular flexibility index (Phi) is 5.63. The lowest BCUT2D eigenvalue weighted by Gasteiger charge is -2.08. The number of nitrogens with one attached hydrogen (secondary N) is 1. The Morgan fingerprint density at radius 3 is 2.57 bits per heavy atom. The Morgan fingerprint density at radius 2 is 1.83 bits per heavy atom. The summed E-state index contributed by atoms with van der Waals surface area (Å²) < 4.78 is 3.16. The Hall–Kier alpha value is -3.45. The molecule has 0 aliphatic rings. The fourth-order valence-corrected chi connectivity index (χ4v) is 3.27. The zero-order chi connectivity index (χ0) is 21.1. The number of aromatic nitrogens is 4. The van der Waals surface area contributed by atoms with Gasteiger partial charge in [-0.1, -0.05) is 41.4 Å². The van der Waals surface area contributed by atoms with Crippen LogP contribution in [0, 0.1) is 6.92 Å². The molecular formula is C22H20ClN5O2. The lowest BCUT2D eigenvalue weighted by atomic mass is 10.1. The fourth-order valence-electron chi connectivity index (χ4n) is 3.14. The Balaban J connectivity index is 1.45. The number of halogens is 1. The van der Waals surface area contributed by atoms with Crippen molar-refractivity contribution in [2.75, 3.05) is 6.54 Å². The highest BCUT2D eigenvalue weighted by Crippen LogP contribution is 2.11. The summed E-state index contributed by atoms with van der Waals surface area (Å²) in [6.07, 6.45) is 3.03. The molecule has 2 heterocycles. The van der Waals surface area contributed by atoms with E-state index in [0.717, 1.165) is 11.1 Å². The maximum atomic E-state index is 12.8. The van der Waals surface area contributed by atoms with E-state index in [1.807, 2.05) is 31.2 Å². The molecule has 8 heteroatoms. The Bertz CT molecular complexity index is 1240. The van der Waals surface area contributed by atoms with Crippen LogP contribution in [0.1, 0.15) is 21.5 Å². The molecule has 0 saturated heterocycles. The van der Waals surface area contributed by atoms with Crippen LogP contribution in [0.15, 0.2) is 65.8 Å². The van der Waals surface area contributed by atoms with Gasteiger partial charge < -0.3 is 5.32 Å². The molecule has 0 atom stereocenters. The first-order valence-corrected chi connectivity index (χ1v) is 9.89. The van der Waals surface area contributed by atoms with Gasteiger partial charge in [-0.25, -0.2) is 9.67 Å². The van der Waals surface area contributed by atoms with Gasteiger partial charge in [0.1, 0.15) is 11.7 Å². The van der Waals surface area contributed by atoms with Crippen molar-refractivity contribution in [2.45, 2.75) is 20.0 Å². The topological polar surface area (TPSA) is 81.8 Å². The average Bonchev–Trinajstić information content (AvgIpc) is 3.16. The number of hydrogen-bond donors (Lipinski definition) is 1. The van der Waals surface area contributed by atoms with Gasteiger partial charge in [0.2, 0.25) is 0 Å². The van der Waals surface area contributed by atoms with Crippen LogP contribution >= 0.6 is 11.6 Å². The van der Waals surface area contributed by atoms with E-state index < -0.39 is 0 Å². The number of rotatable bonds is 6. The molecule has 0 fully saturated rings. The third-order valence-electron chi connectivity index (χ3n) is 4.81. The van der Waals surface area contributed by atoms with E-state index in [9.17, 15) is 9.59 Å². The predicted molar refractivity (Wildman–Crippen MR) is 116 cm³/mol. The number of benzene rings is 2. The average molecular weight is 422 g/mol. The van der Waals surface area contributed by atoms with Crippen LogP contribution in [0.25, 0.3) is 11.0 Å². The minimum Gasteiger partial charge on any atom is -0.350 e. The highest BCUT2D eigenvalue weighted by Gasteiger charge is 2.11. The number of carbonyl (C=O) groups is 1. The van der Waals surface area contributed by atoms with E-state index in [0.29, 0.717) is 41.3 Å². The second-order valence-electron chi connectivity index (χ2n) is 7.03. The summed E-state index contributed by atoms with van der Waals surface area (Å²) in [6.45, 7) is 3.16. The quantitative estimate of drug-likeness (QED) is 0.518. The summed E-state index contributed by atoms with van der Waals surface area (Å²) in [5, 5.41) is 8.22. The number of amides is 1. The molecule has 0 unspecified atom stereocenters. The van der Waals surface area contributed by atoms with Crippen molar-refractivity contribution in [1.29, 1.82) is 0 Å². The van der Waals surface area contributed by atoms with Crippen molar-refractivity contribution in [1.82, 2.24) is 24.6 Å². The molecule has 1 N–H and O–H groups in total. The van der Waals surface area contributed by atoms with E-state index >= 15 is 0 Å². The van der Waals surface area contributed by atoms with E-state index in [1.165, 1.54) is 17.1 Å². The van der Waals surface area contributed by atoms with Gasteiger partial charge in [-0.15, -0.1) is 0 Å². The first-order chi connectivity index (χ1) is 14.5. The highest BCUT2D eigenvalue weighted by molar-refractivity contribution is 6.30. The first kappa shape index (κ1) is 19.8. The van der Waals surface area contributed by atoms with Crippen LogP contribution in [0.4, 0.5) is 0 Å². The maximum Gasteiger partial charge on any atom is 0.264 e. The normalized spacial score (nSPS) is 11.0. The summed E-state index contributed by atoms with van der Waals surface area (Å²) in [4.78, 5) is 29.4. The van der Waals surface area contributed by atoms with Gasteiger partial charge in [-0.2, -0.15) is 5.10 Å². The molecule has 4 rings (SSSR count). The number of fused-ring (bicyclic) bond motifs is 1. The summed E-state index contributed by atoms with van der Waals surface area (Å²) >= 11 is 5.91. The van der Waals surface area contributed by atoms with Crippen molar-refractivity contribution < 1.29 is 4.79 Å². The van der Waals surface area contributed by atoms with Crippen LogP contribution < -0.4 is 10.9 Å². The number of aryl methyl sites for hydroxylation is 1. The van der Waals surface area contributed by atoms with Crippen LogP contribution in [-0.2, 0) is 13.1 Å². The summed E-state index contributed by atoms with van der Waals surface area (Å²) in [7, 11) is 0. The maximum absolute atomic E-state index is 12.8. The molecule has 0 bridgehead atoms. The van der Waals surface area contributed by atoms with Gasteiger partial charge in [-0.05, 0) is 36.8 Å². The third kappa shape index (κ3) is 4.26. The standard InChI is InChI=1S/C22H20ClN5O2/c1-15-2-6-17(7-3-15)21(29)24-10-11-28-20-19(12-26-28)22(30)27(14-25-20)13-16-4-8-18(23)9-5-16/h2-9,12,14H,10-11,13H2,1H3,(H,24,29). The minimum atomic E-state index is -0.162. The van der Waals surface area contributed by atoms with Gasteiger partial charge in [0.25, 0.3) is 11.5 Å². The van der Waals surface area contributed by atoms with Crippen molar-refractivity contribution in [3.8, 4) is 0 Å². The third-order valence-corrected chi connectivity index (χ3v) is 5.06. The van der Waals surface area contributed by atoms with Gasteiger partial charge in [0.05, 0.1) is 19.3 Å². The molecule has 0 aliphatic carbocycles. The zero-order valence-corrected chi connectivity index (χ0v) is 17.1. The molecule has 1 amide bonds. The molecule has 30 heavy (non-hydrogen) atoms. The second-order valence-corrected chi connectivity index (χ2v) is 7.47. The van der Waals surface area contributed by atoms with Crippen molar-refractivity contribution in [3.05, 3.63) is 93.1 Å².